The van der Waals surface area contributed by atoms with Crippen LogP contribution in [0.25, 0.3) is 0 Å². The SMILES string of the molecule is CCCOc1ccccc1Oc1ncccc1CNC(=NC)NCC1(CCOC)CCC1.I. The van der Waals surface area contributed by atoms with Crippen LogP contribution in [0.3, 0.4) is 0 Å². The summed E-state index contributed by atoms with van der Waals surface area (Å²) in [6.07, 6.45) is 7.51. The van der Waals surface area contributed by atoms with Gasteiger partial charge in [-0.1, -0.05) is 31.5 Å². The van der Waals surface area contributed by atoms with Crippen LogP contribution in [0.5, 0.6) is 17.4 Å². The number of aromatic nitrogens is 1. The van der Waals surface area contributed by atoms with Gasteiger partial charge in [0.2, 0.25) is 5.88 Å². The Morgan fingerprint density at radius 3 is 2.55 bits per heavy atom. The number of aliphatic imine (C=N–C) groups is 1. The number of methoxy groups -OCH3 is 1. The van der Waals surface area contributed by atoms with Crippen LogP contribution in [0.4, 0.5) is 0 Å². The summed E-state index contributed by atoms with van der Waals surface area (Å²) in [7, 11) is 3.56. The Labute approximate surface area is 214 Å². The highest BCUT2D eigenvalue weighted by Crippen LogP contribution is 2.43. The lowest BCUT2D eigenvalue weighted by atomic mass is 9.67. The Morgan fingerprint density at radius 2 is 1.88 bits per heavy atom. The number of guanidine groups is 1. The van der Waals surface area contributed by atoms with Crippen LogP contribution in [0.2, 0.25) is 0 Å². The molecule has 0 bridgehead atoms. The van der Waals surface area contributed by atoms with Gasteiger partial charge in [-0.15, -0.1) is 24.0 Å². The lowest BCUT2D eigenvalue weighted by Crippen LogP contribution is -2.46. The van der Waals surface area contributed by atoms with E-state index in [1.54, 1.807) is 20.4 Å². The van der Waals surface area contributed by atoms with Gasteiger partial charge in [0.25, 0.3) is 0 Å². The third-order valence-corrected chi connectivity index (χ3v) is 5.92. The predicted molar refractivity (Wildman–Crippen MR) is 143 cm³/mol. The fourth-order valence-corrected chi connectivity index (χ4v) is 3.80. The first kappa shape index (κ1) is 27.2. The summed E-state index contributed by atoms with van der Waals surface area (Å²) in [4.78, 5) is 8.84. The predicted octanol–water partition coefficient (Wildman–Crippen LogP) is 5.15. The molecule has 182 valence electrons. The lowest BCUT2D eigenvalue weighted by molar-refractivity contribution is 0.0732. The first-order valence-electron chi connectivity index (χ1n) is 11.5. The third-order valence-electron chi connectivity index (χ3n) is 5.92. The second kappa shape index (κ2) is 14.2. The molecule has 1 aromatic carbocycles. The van der Waals surface area contributed by atoms with Crippen molar-refractivity contribution in [1.29, 1.82) is 0 Å². The summed E-state index contributed by atoms with van der Waals surface area (Å²) in [5.74, 6) is 2.71. The van der Waals surface area contributed by atoms with Crippen LogP contribution in [-0.2, 0) is 11.3 Å². The largest absolute Gasteiger partial charge is 0.490 e. The number of halogens is 1. The normalized spacial score (nSPS) is 14.6. The van der Waals surface area contributed by atoms with Crippen molar-refractivity contribution < 1.29 is 14.2 Å². The minimum Gasteiger partial charge on any atom is -0.490 e. The summed E-state index contributed by atoms with van der Waals surface area (Å²) in [6, 6.07) is 11.6. The molecule has 33 heavy (non-hydrogen) atoms. The summed E-state index contributed by atoms with van der Waals surface area (Å²) in [5, 5.41) is 6.89. The van der Waals surface area contributed by atoms with Gasteiger partial charge in [-0.25, -0.2) is 4.98 Å². The van der Waals surface area contributed by atoms with E-state index in [9.17, 15) is 0 Å². The number of benzene rings is 1. The Bertz CT molecular complexity index is 874. The maximum atomic E-state index is 6.14. The summed E-state index contributed by atoms with van der Waals surface area (Å²) in [6.45, 7) is 4.97. The van der Waals surface area contributed by atoms with E-state index in [1.807, 2.05) is 36.4 Å². The topological polar surface area (TPSA) is 77.0 Å². The first-order chi connectivity index (χ1) is 15.7. The molecule has 0 saturated heterocycles. The van der Waals surface area contributed by atoms with E-state index in [1.165, 1.54) is 19.3 Å². The number of para-hydroxylation sites is 2. The van der Waals surface area contributed by atoms with Gasteiger partial charge < -0.3 is 24.8 Å². The van der Waals surface area contributed by atoms with Crippen LogP contribution in [-0.4, -0.2) is 44.9 Å². The second-order valence-corrected chi connectivity index (χ2v) is 8.24. The Kier molecular flexibility index (Phi) is 11.7. The molecule has 1 aliphatic rings. The van der Waals surface area contributed by atoms with Gasteiger partial charge in [0, 0.05) is 45.6 Å². The smallest absolute Gasteiger partial charge is 0.224 e. The molecular weight excluding hydrogens is 531 g/mol. The summed E-state index contributed by atoms with van der Waals surface area (Å²) < 4.78 is 17.3. The van der Waals surface area contributed by atoms with Gasteiger partial charge in [-0.3, -0.25) is 4.99 Å². The van der Waals surface area contributed by atoms with Gasteiger partial charge in [0.1, 0.15) is 0 Å². The summed E-state index contributed by atoms with van der Waals surface area (Å²) >= 11 is 0. The van der Waals surface area contributed by atoms with E-state index in [0.717, 1.165) is 43.3 Å². The zero-order valence-electron chi connectivity index (χ0n) is 19.9. The highest BCUT2D eigenvalue weighted by Gasteiger charge is 2.36. The molecule has 0 aliphatic heterocycles. The van der Waals surface area contributed by atoms with E-state index in [4.69, 9.17) is 14.2 Å². The highest BCUT2D eigenvalue weighted by atomic mass is 127. The van der Waals surface area contributed by atoms with Crippen LogP contribution in [0.15, 0.2) is 47.6 Å². The lowest BCUT2D eigenvalue weighted by Gasteiger charge is -2.42. The summed E-state index contributed by atoms with van der Waals surface area (Å²) in [5.41, 5.74) is 1.26. The molecule has 1 aliphatic carbocycles. The number of rotatable bonds is 12. The highest BCUT2D eigenvalue weighted by molar-refractivity contribution is 14.0. The van der Waals surface area contributed by atoms with Gasteiger partial charge >= 0.3 is 0 Å². The minimum atomic E-state index is 0. The van der Waals surface area contributed by atoms with Crippen LogP contribution in [0, 0.1) is 5.41 Å². The Morgan fingerprint density at radius 1 is 1.09 bits per heavy atom. The van der Waals surface area contributed by atoms with E-state index >= 15 is 0 Å². The number of nitrogens with one attached hydrogen (secondary N) is 2. The van der Waals surface area contributed by atoms with Gasteiger partial charge in [0.15, 0.2) is 17.5 Å². The molecule has 0 radical (unpaired) electrons. The third kappa shape index (κ3) is 8.03. The molecule has 0 unspecified atom stereocenters. The van der Waals surface area contributed by atoms with Crippen molar-refractivity contribution in [1.82, 2.24) is 15.6 Å². The van der Waals surface area contributed by atoms with Crippen molar-refractivity contribution in [3.8, 4) is 17.4 Å². The van der Waals surface area contributed by atoms with Gasteiger partial charge in [-0.2, -0.15) is 0 Å². The first-order valence-corrected chi connectivity index (χ1v) is 11.5. The molecule has 0 spiro atoms. The number of ether oxygens (including phenoxy) is 3. The molecule has 0 atom stereocenters. The van der Waals surface area contributed by atoms with Crippen LogP contribution in [0.1, 0.15) is 44.6 Å². The minimum absolute atomic E-state index is 0. The Balaban J connectivity index is 0.00000385. The molecule has 1 fully saturated rings. The number of hydrogen-bond acceptors (Lipinski definition) is 5. The molecule has 7 nitrogen and oxygen atoms in total. The van der Waals surface area contributed by atoms with Gasteiger partial charge in [-0.05, 0) is 49.3 Å². The van der Waals surface area contributed by atoms with E-state index in [0.29, 0.717) is 30.2 Å². The maximum absolute atomic E-state index is 6.14. The Hall–Kier alpha value is -2.07. The molecule has 2 aromatic rings. The van der Waals surface area contributed by atoms with E-state index in [-0.39, 0.29) is 24.0 Å². The van der Waals surface area contributed by atoms with E-state index < -0.39 is 0 Å². The number of hydrogen-bond donors (Lipinski definition) is 2. The molecular formula is C25H37IN4O3. The number of pyridine rings is 1. The fraction of sp³-hybridized carbons (Fsp3) is 0.520. The standard InChI is InChI=1S/C25H36N4O3.HI/c1-4-16-31-21-10-5-6-11-22(21)32-23-20(9-7-15-27-23)18-28-24(26-2)29-19-25(12-8-13-25)14-17-30-3;/h5-7,9-11,15H,4,8,12-14,16-19H2,1-3H3,(H2,26,28,29);1H. The molecule has 3 rings (SSSR count). The fourth-order valence-electron chi connectivity index (χ4n) is 3.80. The van der Waals surface area contributed by atoms with E-state index in [2.05, 4.69) is 27.5 Å². The molecule has 1 saturated carbocycles. The second-order valence-electron chi connectivity index (χ2n) is 8.24. The molecule has 1 aromatic heterocycles. The van der Waals surface area contributed by atoms with Crippen LogP contribution >= 0.6 is 24.0 Å². The average molecular weight is 569 g/mol. The zero-order chi connectivity index (χ0) is 22.7. The molecule has 2 N–H and O–H groups in total. The molecule has 8 heteroatoms. The van der Waals surface area contributed by atoms with Crippen LogP contribution < -0.4 is 20.1 Å². The number of nitrogens with zero attached hydrogens (tertiary/aromatic N) is 2. The van der Waals surface area contributed by atoms with Crippen molar-refractivity contribution in [2.75, 3.05) is 33.9 Å². The van der Waals surface area contributed by atoms with Crippen molar-refractivity contribution >= 4 is 29.9 Å². The average Bonchev–Trinajstić information content (AvgIpc) is 2.80. The maximum Gasteiger partial charge on any atom is 0.224 e. The monoisotopic (exact) mass is 568 g/mol. The van der Waals surface area contributed by atoms with Crippen molar-refractivity contribution in [3.63, 3.8) is 0 Å². The quantitative estimate of drug-likeness (QED) is 0.210. The van der Waals surface area contributed by atoms with Crippen molar-refractivity contribution in [3.05, 3.63) is 48.2 Å². The van der Waals surface area contributed by atoms with Crippen molar-refractivity contribution in [2.24, 2.45) is 10.4 Å². The zero-order valence-corrected chi connectivity index (χ0v) is 22.3. The van der Waals surface area contributed by atoms with Crippen molar-refractivity contribution in [2.45, 2.75) is 45.6 Å². The van der Waals surface area contributed by atoms with Gasteiger partial charge in [0.05, 0.1) is 6.61 Å². The molecule has 0 amide bonds. The molecule has 1 heterocycles.